The molecule has 1 N–H and O–H groups in total. The second-order valence-electron chi connectivity index (χ2n) is 5.25. The molecule has 0 aromatic heterocycles. The molecule has 1 aromatic rings. The van der Waals surface area contributed by atoms with E-state index in [0.717, 1.165) is 6.54 Å². The monoisotopic (exact) mass is 232 g/mol. The minimum atomic E-state index is 0.500. The highest BCUT2D eigenvalue weighted by molar-refractivity contribution is 5.23. The molecule has 0 saturated carbocycles. The fourth-order valence-electron chi connectivity index (χ4n) is 2.58. The van der Waals surface area contributed by atoms with Crippen LogP contribution < -0.4 is 5.32 Å². The maximum Gasteiger partial charge on any atom is 0.0320 e. The van der Waals surface area contributed by atoms with E-state index in [1.165, 1.54) is 30.5 Å². The summed E-state index contributed by atoms with van der Waals surface area (Å²) in [7, 11) is 2.25. The normalized spacial score (nSPS) is 22.7. The van der Waals surface area contributed by atoms with Crippen molar-refractivity contribution in [3.63, 3.8) is 0 Å². The summed E-state index contributed by atoms with van der Waals surface area (Å²) in [5.41, 5.74) is 2.76. The number of hydrogen-bond donors (Lipinski definition) is 1. The van der Waals surface area contributed by atoms with Crippen LogP contribution in [0.1, 0.15) is 36.9 Å². The first-order valence-electron chi connectivity index (χ1n) is 6.67. The maximum atomic E-state index is 3.49. The quantitative estimate of drug-likeness (QED) is 0.862. The van der Waals surface area contributed by atoms with E-state index in [4.69, 9.17) is 0 Å². The van der Waals surface area contributed by atoms with Gasteiger partial charge >= 0.3 is 0 Å². The van der Waals surface area contributed by atoms with Crippen molar-refractivity contribution in [3.05, 3.63) is 35.4 Å². The molecule has 0 aliphatic carbocycles. The Morgan fingerprint density at radius 1 is 1.29 bits per heavy atom. The van der Waals surface area contributed by atoms with Crippen LogP contribution in [0.15, 0.2) is 24.3 Å². The van der Waals surface area contributed by atoms with E-state index >= 15 is 0 Å². The molecule has 94 valence electrons. The Labute approximate surface area is 105 Å². The predicted octanol–water partition coefficient (Wildman–Crippen LogP) is 2.74. The lowest BCUT2D eigenvalue weighted by molar-refractivity contribution is 0.156. The number of nitrogens with one attached hydrogen (secondary N) is 1. The number of nitrogens with zero attached hydrogens (tertiary/aromatic N) is 1. The Morgan fingerprint density at radius 2 is 2.00 bits per heavy atom. The molecule has 2 heteroatoms. The van der Waals surface area contributed by atoms with Gasteiger partial charge in [0, 0.05) is 18.6 Å². The van der Waals surface area contributed by atoms with Crippen LogP contribution in [-0.4, -0.2) is 31.1 Å². The Bertz CT molecular complexity index is 338. The first-order chi connectivity index (χ1) is 8.18. The van der Waals surface area contributed by atoms with E-state index < -0.39 is 0 Å². The number of hydrogen-bond acceptors (Lipinski definition) is 2. The maximum absolute atomic E-state index is 3.49. The molecule has 2 nitrogen and oxygen atoms in total. The van der Waals surface area contributed by atoms with Crippen molar-refractivity contribution in [1.82, 2.24) is 10.2 Å². The Hall–Kier alpha value is -0.860. The minimum Gasteiger partial charge on any atom is -0.315 e. The van der Waals surface area contributed by atoms with Crippen molar-refractivity contribution in [2.45, 2.75) is 38.8 Å². The van der Waals surface area contributed by atoms with Crippen LogP contribution in [-0.2, 0) is 0 Å². The van der Waals surface area contributed by atoms with Crippen LogP contribution in [0.25, 0.3) is 0 Å². The molecule has 17 heavy (non-hydrogen) atoms. The molecule has 1 aliphatic heterocycles. The summed E-state index contributed by atoms with van der Waals surface area (Å²) >= 11 is 0. The molecule has 1 fully saturated rings. The molecule has 2 rings (SSSR count). The third-order valence-electron chi connectivity index (χ3n) is 4.02. The Kier molecular flexibility index (Phi) is 4.19. The molecule has 0 radical (unpaired) electrons. The molecule has 0 bridgehead atoms. The predicted molar refractivity (Wildman–Crippen MR) is 73.2 cm³/mol. The molecule has 1 saturated heterocycles. The number of benzene rings is 1. The van der Waals surface area contributed by atoms with E-state index in [1.54, 1.807) is 0 Å². The topological polar surface area (TPSA) is 15.3 Å². The summed E-state index contributed by atoms with van der Waals surface area (Å²) < 4.78 is 0. The molecule has 0 spiro atoms. The van der Waals surface area contributed by atoms with E-state index in [2.05, 4.69) is 55.4 Å². The van der Waals surface area contributed by atoms with Gasteiger partial charge in [0.15, 0.2) is 0 Å². The SMILES string of the molecule is Cc1ccc(C(C)N(C)C2CCCNC2)cc1. The van der Waals surface area contributed by atoms with Crippen molar-refractivity contribution in [2.75, 3.05) is 20.1 Å². The highest BCUT2D eigenvalue weighted by Gasteiger charge is 2.22. The van der Waals surface area contributed by atoms with Gasteiger partial charge < -0.3 is 5.32 Å². The van der Waals surface area contributed by atoms with E-state index in [1.807, 2.05) is 0 Å². The molecule has 1 aromatic carbocycles. The van der Waals surface area contributed by atoms with Gasteiger partial charge in [-0.1, -0.05) is 29.8 Å². The van der Waals surface area contributed by atoms with Crippen LogP contribution in [0.3, 0.4) is 0 Å². The Morgan fingerprint density at radius 3 is 2.59 bits per heavy atom. The van der Waals surface area contributed by atoms with Crippen molar-refractivity contribution >= 4 is 0 Å². The van der Waals surface area contributed by atoms with Gasteiger partial charge in [0.1, 0.15) is 0 Å². The second-order valence-corrected chi connectivity index (χ2v) is 5.25. The van der Waals surface area contributed by atoms with Gasteiger partial charge in [-0.05, 0) is 45.8 Å². The van der Waals surface area contributed by atoms with Crippen LogP contribution >= 0.6 is 0 Å². The zero-order chi connectivity index (χ0) is 12.3. The highest BCUT2D eigenvalue weighted by Crippen LogP contribution is 2.23. The van der Waals surface area contributed by atoms with Gasteiger partial charge in [0.25, 0.3) is 0 Å². The number of aryl methyl sites for hydroxylation is 1. The lowest BCUT2D eigenvalue weighted by Crippen LogP contribution is -2.45. The van der Waals surface area contributed by atoms with Gasteiger partial charge in [-0.15, -0.1) is 0 Å². The first-order valence-corrected chi connectivity index (χ1v) is 6.67. The van der Waals surface area contributed by atoms with Gasteiger partial charge in [0.05, 0.1) is 0 Å². The fourth-order valence-corrected chi connectivity index (χ4v) is 2.58. The minimum absolute atomic E-state index is 0.500. The fraction of sp³-hybridized carbons (Fsp3) is 0.600. The summed E-state index contributed by atoms with van der Waals surface area (Å²) in [6.45, 7) is 6.76. The molecule has 0 amide bonds. The summed E-state index contributed by atoms with van der Waals surface area (Å²) in [5.74, 6) is 0. The van der Waals surface area contributed by atoms with Crippen LogP contribution in [0, 0.1) is 6.92 Å². The molecule has 2 unspecified atom stereocenters. The van der Waals surface area contributed by atoms with Crippen molar-refractivity contribution in [3.8, 4) is 0 Å². The molecule has 2 atom stereocenters. The van der Waals surface area contributed by atoms with Crippen LogP contribution in [0.4, 0.5) is 0 Å². The van der Waals surface area contributed by atoms with Crippen molar-refractivity contribution in [2.24, 2.45) is 0 Å². The average molecular weight is 232 g/mol. The van der Waals surface area contributed by atoms with Gasteiger partial charge in [-0.2, -0.15) is 0 Å². The van der Waals surface area contributed by atoms with E-state index in [0.29, 0.717) is 12.1 Å². The summed E-state index contributed by atoms with van der Waals surface area (Å²) in [6, 6.07) is 10.1. The van der Waals surface area contributed by atoms with Gasteiger partial charge in [0.2, 0.25) is 0 Å². The molecular weight excluding hydrogens is 208 g/mol. The lowest BCUT2D eigenvalue weighted by atomic mass is 10.0. The number of rotatable bonds is 3. The second kappa shape index (κ2) is 5.65. The summed E-state index contributed by atoms with van der Waals surface area (Å²) in [5, 5.41) is 3.49. The molecule has 1 heterocycles. The molecular formula is C15H24N2. The average Bonchev–Trinajstić information content (AvgIpc) is 2.39. The number of piperidine rings is 1. The standard InChI is InChI=1S/C15H24N2/c1-12-6-8-14(9-7-12)13(2)17(3)15-5-4-10-16-11-15/h6-9,13,15-16H,4-5,10-11H2,1-3H3. The smallest absolute Gasteiger partial charge is 0.0320 e. The van der Waals surface area contributed by atoms with Crippen molar-refractivity contribution in [1.29, 1.82) is 0 Å². The third kappa shape index (κ3) is 3.08. The Balaban J connectivity index is 2.02. The first kappa shape index (κ1) is 12.6. The van der Waals surface area contributed by atoms with Crippen LogP contribution in [0.2, 0.25) is 0 Å². The summed E-state index contributed by atoms with van der Waals surface area (Å²) in [6.07, 6.45) is 2.62. The van der Waals surface area contributed by atoms with E-state index in [-0.39, 0.29) is 0 Å². The van der Waals surface area contributed by atoms with E-state index in [9.17, 15) is 0 Å². The zero-order valence-electron chi connectivity index (χ0n) is 11.2. The van der Waals surface area contributed by atoms with Crippen molar-refractivity contribution < 1.29 is 0 Å². The lowest BCUT2D eigenvalue weighted by Gasteiger charge is -2.36. The molecule has 1 aliphatic rings. The highest BCUT2D eigenvalue weighted by atomic mass is 15.2. The van der Waals surface area contributed by atoms with Crippen LogP contribution in [0.5, 0.6) is 0 Å². The summed E-state index contributed by atoms with van der Waals surface area (Å²) in [4.78, 5) is 2.51. The largest absolute Gasteiger partial charge is 0.315 e. The number of likely N-dealkylation sites (N-methyl/N-ethyl adjacent to an activating group) is 1. The van der Waals surface area contributed by atoms with Gasteiger partial charge in [-0.25, -0.2) is 0 Å². The van der Waals surface area contributed by atoms with Gasteiger partial charge in [-0.3, -0.25) is 4.90 Å². The third-order valence-corrected chi connectivity index (χ3v) is 4.02. The zero-order valence-corrected chi connectivity index (χ0v) is 11.2.